The van der Waals surface area contributed by atoms with Crippen molar-refractivity contribution in [1.29, 1.82) is 0 Å². The minimum absolute atomic E-state index is 0.135. The Balaban J connectivity index is 1.90. The number of hydrogen-bond acceptors (Lipinski definition) is 2. The standard InChI is InChI=1S/C12H20BrNO2/c13-6-2-7-14(11-3-1-4-11)12(15)10-5-8-16-9-10/h10-11H,1-9H2. The number of ether oxygens (including phenoxy) is 1. The molecule has 1 aliphatic carbocycles. The van der Waals surface area contributed by atoms with Crippen molar-refractivity contribution in [3.05, 3.63) is 0 Å². The Morgan fingerprint density at radius 3 is 2.69 bits per heavy atom. The second kappa shape index (κ2) is 6.01. The van der Waals surface area contributed by atoms with E-state index in [0.717, 1.165) is 31.3 Å². The topological polar surface area (TPSA) is 29.5 Å². The fourth-order valence-corrected chi connectivity index (χ4v) is 2.62. The largest absolute Gasteiger partial charge is 0.381 e. The van der Waals surface area contributed by atoms with E-state index < -0.39 is 0 Å². The van der Waals surface area contributed by atoms with Crippen molar-refractivity contribution >= 4 is 21.8 Å². The lowest BCUT2D eigenvalue weighted by Crippen LogP contribution is -2.47. The summed E-state index contributed by atoms with van der Waals surface area (Å²) in [6.45, 7) is 2.30. The SMILES string of the molecule is O=C(C1CCOC1)N(CCCBr)C1CCC1. The third kappa shape index (κ3) is 2.77. The molecule has 92 valence electrons. The maximum atomic E-state index is 12.3. The number of hydrogen-bond donors (Lipinski definition) is 0. The third-order valence-corrected chi connectivity index (χ3v) is 4.17. The molecule has 0 N–H and O–H groups in total. The molecule has 1 heterocycles. The van der Waals surface area contributed by atoms with Crippen molar-refractivity contribution < 1.29 is 9.53 Å². The Morgan fingerprint density at radius 1 is 1.38 bits per heavy atom. The molecule has 0 bridgehead atoms. The van der Waals surface area contributed by atoms with Crippen molar-refractivity contribution in [3.8, 4) is 0 Å². The molecule has 2 rings (SSSR count). The monoisotopic (exact) mass is 289 g/mol. The molecular weight excluding hydrogens is 270 g/mol. The number of halogens is 1. The molecule has 4 heteroatoms. The summed E-state index contributed by atoms with van der Waals surface area (Å²) >= 11 is 3.44. The first-order chi connectivity index (χ1) is 7.83. The summed E-state index contributed by atoms with van der Waals surface area (Å²) in [6.07, 6.45) is 5.64. The Hall–Kier alpha value is -0.0900. The molecule has 1 atom stereocenters. The van der Waals surface area contributed by atoms with Crippen LogP contribution in [0.1, 0.15) is 32.1 Å². The maximum Gasteiger partial charge on any atom is 0.228 e. The first kappa shape index (κ1) is 12.4. The van der Waals surface area contributed by atoms with E-state index in [-0.39, 0.29) is 5.92 Å². The zero-order chi connectivity index (χ0) is 11.4. The number of rotatable bonds is 5. The Labute approximate surface area is 106 Å². The first-order valence-corrected chi connectivity index (χ1v) is 7.39. The molecule has 0 aromatic heterocycles. The van der Waals surface area contributed by atoms with Gasteiger partial charge < -0.3 is 9.64 Å². The van der Waals surface area contributed by atoms with Crippen LogP contribution in [0.15, 0.2) is 0 Å². The van der Waals surface area contributed by atoms with E-state index in [1.807, 2.05) is 0 Å². The van der Waals surface area contributed by atoms with Crippen molar-refractivity contribution in [2.24, 2.45) is 5.92 Å². The summed E-state index contributed by atoms with van der Waals surface area (Å²) in [5.74, 6) is 0.471. The predicted octanol–water partition coefficient (Wildman–Crippen LogP) is 2.19. The fraction of sp³-hybridized carbons (Fsp3) is 0.917. The van der Waals surface area contributed by atoms with Crippen LogP contribution in [0.3, 0.4) is 0 Å². The van der Waals surface area contributed by atoms with E-state index in [9.17, 15) is 4.79 Å². The average Bonchev–Trinajstić information content (AvgIpc) is 2.73. The molecule has 0 spiro atoms. The van der Waals surface area contributed by atoms with Crippen LogP contribution in [0.2, 0.25) is 0 Å². The van der Waals surface area contributed by atoms with Crippen LogP contribution in [-0.4, -0.2) is 41.9 Å². The third-order valence-electron chi connectivity index (χ3n) is 3.61. The molecule has 1 unspecified atom stereocenters. The van der Waals surface area contributed by atoms with E-state index in [0.29, 0.717) is 18.6 Å². The summed E-state index contributed by atoms with van der Waals surface area (Å²) in [6, 6.07) is 0.521. The second-order valence-electron chi connectivity index (χ2n) is 4.72. The Bertz CT molecular complexity index is 237. The highest BCUT2D eigenvalue weighted by molar-refractivity contribution is 9.09. The molecule has 1 amide bonds. The summed E-state index contributed by atoms with van der Waals surface area (Å²) in [5.41, 5.74) is 0. The first-order valence-electron chi connectivity index (χ1n) is 6.27. The summed E-state index contributed by atoms with van der Waals surface area (Å²) in [5, 5.41) is 0.977. The normalized spacial score (nSPS) is 25.4. The molecule has 3 nitrogen and oxygen atoms in total. The predicted molar refractivity (Wildman–Crippen MR) is 66.7 cm³/mol. The van der Waals surface area contributed by atoms with E-state index in [1.165, 1.54) is 19.3 Å². The zero-order valence-electron chi connectivity index (χ0n) is 9.66. The number of carbonyl (C=O) groups is 1. The fourth-order valence-electron chi connectivity index (χ4n) is 2.36. The number of nitrogens with zero attached hydrogens (tertiary/aromatic N) is 1. The van der Waals surface area contributed by atoms with Crippen LogP contribution in [0.5, 0.6) is 0 Å². The van der Waals surface area contributed by atoms with Crippen molar-refractivity contribution in [2.45, 2.75) is 38.1 Å². The lowest BCUT2D eigenvalue weighted by molar-refractivity contribution is -0.139. The van der Waals surface area contributed by atoms with Crippen LogP contribution < -0.4 is 0 Å². The highest BCUT2D eigenvalue weighted by Gasteiger charge is 2.33. The van der Waals surface area contributed by atoms with Gasteiger partial charge in [0.25, 0.3) is 0 Å². The van der Waals surface area contributed by atoms with Crippen LogP contribution in [0.4, 0.5) is 0 Å². The van der Waals surface area contributed by atoms with Crippen LogP contribution >= 0.6 is 15.9 Å². The molecule has 16 heavy (non-hydrogen) atoms. The molecular formula is C12H20BrNO2. The average molecular weight is 290 g/mol. The van der Waals surface area contributed by atoms with Gasteiger partial charge in [0.1, 0.15) is 0 Å². The van der Waals surface area contributed by atoms with Gasteiger partial charge in [0, 0.05) is 24.5 Å². The van der Waals surface area contributed by atoms with Gasteiger partial charge in [-0.3, -0.25) is 4.79 Å². The van der Waals surface area contributed by atoms with E-state index in [2.05, 4.69) is 20.8 Å². The van der Waals surface area contributed by atoms with Gasteiger partial charge in [0.15, 0.2) is 0 Å². The quantitative estimate of drug-likeness (QED) is 0.726. The summed E-state index contributed by atoms with van der Waals surface area (Å²) in [7, 11) is 0. The number of alkyl halides is 1. The molecule has 1 saturated heterocycles. The molecule has 1 saturated carbocycles. The van der Waals surface area contributed by atoms with Gasteiger partial charge in [-0.15, -0.1) is 0 Å². The highest BCUT2D eigenvalue weighted by Crippen LogP contribution is 2.28. The van der Waals surface area contributed by atoms with Gasteiger partial charge in [0.05, 0.1) is 12.5 Å². The Morgan fingerprint density at radius 2 is 2.19 bits per heavy atom. The van der Waals surface area contributed by atoms with Crippen molar-refractivity contribution in [2.75, 3.05) is 25.1 Å². The summed E-state index contributed by atoms with van der Waals surface area (Å²) in [4.78, 5) is 14.4. The van der Waals surface area contributed by atoms with Gasteiger partial charge in [-0.1, -0.05) is 15.9 Å². The minimum atomic E-state index is 0.135. The lowest BCUT2D eigenvalue weighted by Gasteiger charge is -2.38. The lowest BCUT2D eigenvalue weighted by atomic mass is 9.90. The van der Waals surface area contributed by atoms with E-state index in [4.69, 9.17) is 4.74 Å². The van der Waals surface area contributed by atoms with Gasteiger partial charge in [-0.2, -0.15) is 0 Å². The Kier molecular flexibility index (Phi) is 4.65. The molecule has 2 aliphatic rings. The van der Waals surface area contributed by atoms with Crippen molar-refractivity contribution in [3.63, 3.8) is 0 Å². The van der Waals surface area contributed by atoms with Crippen molar-refractivity contribution in [1.82, 2.24) is 4.90 Å². The maximum absolute atomic E-state index is 12.3. The van der Waals surface area contributed by atoms with E-state index >= 15 is 0 Å². The van der Waals surface area contributed by atoms with Gasteiger partial charge in [-0.05, 0) is 32.1 Å². The minimum Gasteiger partial charge on any atom is -0.381 e. The smallest absolute Gasteiger partial charge is 0.228 e. The van der Waals surface area contributed by atoms with E-state index in [1.54, 1.807) is 0 Å². The highest BCUT2D eigenvalue weighted by atomic mass is 79.9. The van der Waals surface area contributed by atoms with Crippen LogP contribution in [-0.2, 0) is 9.53 Å². The van der Waals surface area contributed by atoms with Gasteiger partial charge in [-0.25, -0.2) is 0 Å². The van der Waals surface area contributed by atoms with Gasteiger partial charge in [0.2, 0.25) is 5.91 Å². The molecule has 0 radical (unpaired) electrons. The van der Waals surface area contributed by atoms with Crippen LogP contribution in [0.25, 0.3) is 0 Å². The molecule has 0 aromatic rings. The molecule has 1 aliphatic heterocycles. The summed E-state index contributed by atoms with van der Waals surface area (Å²) < 4.78 is 5.31. The van der Waals surface area contributed by atoms with Crippen LogP contribution in [0, 0.1) is 5.92 Å². The molecule has 0 aromatic carbocycles. The zero-order valence-corrected chi connectivity index (χ0v) is 11.2. The molecule has 2 fully saturated rings. The number of amides is 1. The second-order valence-corrected chi connectivity index (χ2v) is 5.51. The van der Waals surface area contributed by atoms with Gasteiger partial charge >= 0.3 is 0 Å². The number of carbonyl (C=O) groups excluding carboxylic acids is 1.